The molecule has 0 saturated carbocycles. The number of carbonyl (C=O) groups is 1. The summed E-state index contributed by atoms with van der Waals surface area (Å²) in [6, 6.07) is 0. The highest BCUT2D eigenvalue weighted by Crippen LogP contribution is 2.42. The van der Waals surface area contributed by atoms with Crippen LogP contribution in [0.1, 0.15) is 0 Å². The van der Waals surface area contributed by atoms with E-state index in [1.165, 1.54) is 0 Å². The van der Waals surface area contributed by atoms with Gasteiger partial charge in [0, 0.05) is 0 Å². The SMILES string of the molecule is O=C(O)/C(F)=C(\F)C(F)(F)C(F)(F)CF. The van der Waals surface area contributed by atoms with E-state index in [-0.39, 0.29) is 0 Å². The van der Waals surface area contributed by atoms with Crippen LogP contribution in [0.5, 0.6) is 0 Å². The van der Waals surface area contributed by atoms with Gasteiger partial charge in [-0.3, -0.25) is 0 Å². The molecule has 0 bridgehead atoms. The lowest BCUT2D eigenvalue weighted by Gasteiger charge is -2.22. The van der Waals surface area contributed by atoms with E-state index in [0.717, 1.165) is 0 Å². The molecule has 1 N–H and O–H groups in total. The van der Waals surface area contributed by atoms with Crippen molar-refractivity contribution in [3.63, 3.8) is 0 Å². The highest BCUT2D eigenvalue weighted by Gasteiger charge is 2.61. The first-order valence-corrected chi connectivity index (χ1v) is 3.18. The average Bonchev–Trinajstić information content (AvgIpc) is 2.14. The van der Waals surface area contributed by atoms with Crippen molar-refractivity contribution in [3.05, 3.63) is 11.7 Å². The topological polar surface area (TPSA) is 37.3 Å². The third kappa shape index (κ3) is 2.39. The van der Waals surface area contributed by atoms with Crippen molar-refractivity contribution in [2.75, 3.05) is 6.67 Å². The smallest absolute Gasteiger partial charge is 0.367 e. The molecule has 0 saturated heterocycles. The first-order valence-electron chi connectivity index (χ1n) is 3.18. The zero-order valence-corrected chi connectivity index (χ0v) is 6.71. The van der Waals surface area contributed by atoms with Crippen LogP contribution in [0.25, 0.3) is 0 Å². The van der Waals surface area contributed by atoms with Crippen LogP contribution in [0.2, 0.25) is 0 Å². The summed E-state index contributed by atoms with van der Waals surface area (Å²) in [6.07, 6.45) is 0. The van der Waals surface area contributed by atoms with Gasteiger partial charge in [0.05, 0.1) is 0 Å². The lowest BCUT2D eigenvalue weighted by atomic mass is 10.1. The van der Waals surface area contributed by atoms with E-state index in [4.69, 9.17) is 5.11 Å². The van der Waals surface area contributed by atoms with Gasteiger partial charge in [-0.25, -0.2) is 13.6 Å². The van der Waals surface area contributed by atoms with E-state index in [9.17, 15) is 35.5 Å². The van der Waals surface area contributed by atoms with Crippen LogP contribution < -0.4 is 0 Å². The molecule has 2 nitrogen and oxygen atoms in total. The molecule has 0 heterocycles. The molecule has 0 spiro atoms. The molecule has 0 unspecified atom stereocenters. The van der Waals surface area contributed by atoms with Crippen LogP contribution in [0.15, 0.2) is 11.7 Å². The quantitative estimate of drug-likeness (QED) is 0.605. The van der Waals surface area contributed by atoms with Crippen molar-refractivity contribution in [3.8, 4) is 0 Å². The van der Waals surface area contributed by atoms with E-state index >= 15 is 0 Å². The predicted octanol–water partition coefficient (Wildman–Crippen LogP) is 2.46. The fraction of sp³-hybridized carbons (Fsp3) is 0.500. The molecule has 0 amide bonds. The minimum atomic E-state index is -5.84. The van der Waals surface area contributed by atoms with Gasteiger partial charge >= 0.3 is 17.8 Å². The first-order chi connectivity index (χ1) is 6.58. The number of carboxylic acids is 1. The fourth-order valence-electron chi connectivity index (χ4n) is 0.476. The second-order valence-corrected chi connectivity index (χ2v) is 2.35. The Morgan fingerprint density at radius 2 is 1.53 bits per heavy atom. The van der Waals surface area contributed by atoms with Crippen molar-refractivity contribution < 1.29 is 40.6 Å². The summed E-state index contributed by atoms with van der Waals surface area (Å²) in [4.78, 5) is 9.66. The molecule has 0 radical (unpaired) electrons. The Hall–Kier alpha value is -1.28. The number of aliphatic carboxylic acids is 1. The van der Waals surface area contributed by atoms with Crippen LogP contribution in [0.3, 0.4) is 0 Å². The summed E-state index contributed by atoms with van der Waals surface area (Å²) in [5.74, 6) is -20.7. The minimum absolute atomic E-state index is 2.79. The van der Waals surface area contributed by atoms with Crippen molar-refractivity contribution in [1.29, 1.82) is 0 Å². The van der Waals surface area contributed by atoms with E-state index in [1.807, 2.05) is 0 Å². The normalized spacial score (nSPS) is 14.9. The van der Waals surface area contributed by atoms with Crippen molar-refractivity contribution in [2.24, 2.45) is 0 Å². The van der Waals surface area contributed by atoms with E-state index < -0.39 is 36.1 Å². The Morgan fingerprint density at radius 3 is 1.80 bits per heavy atom. The zero-order valence-electron chi connectivity index (χ0n) is 6.71. The van der Waals surface area contributed by atoms with Gasteiger partial charge in [-0.1, -0.05) is 0 Å². The lowest BCUT2D eigenvalue weighted by Crippen LogP contribution is -2.43. The van der Waals surface area contributed by atoms with Crippen molar-refractivity contribution >= 4 is 5.97 Å². The molecule has 88 valence electrons. The van der Waals surface area contributed by atoms with E-state index in [0.29, 0.717) is 0 Å². The number of halogens is 7. The van der Waals surface area contributed by atoms with Gasteiger partial charge < -0.3 is 5.11 Å². The second-order valence-electron chi connectivity index (χ2n) is 2.35. The summed E-state index contributed by atoms with van der Waals surface area (Å²) in [7, 11) is 0. The summed E-state index contributed by atoms with van der Waals surface area (Å²) >= 11 is 0. The molecule has 0 atom stereocenters. The molecule has 15 heavy (non-hydrogen) atoms. The Kier molecular flexibility index (Phi) is 3.72. The summed E-state index contributed by atoms with van der Waals surface area (Å²) in [6.45, 7) is -2.96. The van der Waals surface area contributed by atoms with Gasteiger partial charge in [0.2, 0.25) is 11.7 Å². The lowest BCUT2D eigenvalue weighted by molar-refractivity contribution is -0.203. The third-order valence-corrected chi connectivity index (χ3v) is 1.28. The summed E-state index contributed by atoms with van der Waals surface area (Å²) < 4.78 is 84.3. The zero-order chi connectivity index (χ0) is 12.4. The maximum absolute atomic E-state index is 12.3. The monoisotopic (exact) mass is 240 g/mol. The summed E-state index contributed by atoms with van der Waals surface area (Å²) in [5, 5.41) is 7.71. The van der Waals surface area contributed by atoms with Crippen LogP contribution >= 0.6 is 0 Å². The molecule has 0 aromatic heterocycles. The molecule has 0 fully saturated rings. The highest BCUT2D eigenvalue weighted by molar-refractivity contribution is 5.84. The Morgan fingerprint density at radius 1 is 1.13 bits per heavy atom. The van der Waals surface area contributed by atoms with Gasteiger partial charge in [0.1, 0.15) is 0 Å². The van der Waals surface area contributed by atoms with E-state index in [2.05, 4.69) is 0 Å². The highest BCUT2D eigenvalue weighted by atomic mass is 19.3. The molecule has 0 aliphatic carbocycles. The number of rotatable bonds is 4. The fourth-order valence-corrected chi connectivity index (χ4v) is 0.476. The predicted molar refractivity (Wildman–Crippen MR) is 32.7 cm³/mol. The van der Waals surface area contributed by atoms with E-state index in [1.54, 1.807) is 0 Å². The maximum Gasteiger partial charge on any atom is 0.367 e. The standard InChI is InChI=1S/C6H3F7O2/c7-1-5(10,11)6(12,13)3(9)2(8)4(14)15/h1H2,(H,14,15)/b3-2+. The maximum atomic E-state index is 12.3. The number of hydrogen-bond acceptors (Lipinski definition) is 1. The summed E-state index contributed by atoms with van der Waals surface area (Å²) in [5.41, 5.74) is 0. The third-order valence-electron chi connectivity index (χ3n) is 1.28. The first kappa shape index (κ1) is 13.7. The van der Waals surface area contributed by atoms with Crippen LogP contribution in [-0.4, -0.2) is 29.6 Å². The second kappa shape index (κ2) is 4.07. The molecule has 0 rings (SSSR count). The van der Waals surface area contributed by atoms with Crippen LogP contribution in [-0.2, 0) is 4.79 Å². The van der Waals surface area contributed by atoms with Crippen LogP contribution in [0.4, 0.5) is 30.7 Å². The van der Waals surface area contributed by atoms with Crippen LogP contribution in [0, 0.1) is 0 Å². The molecule has 0 aromatic rings. The Bertz CT molecular complexity index is 296. The van der Waals surface area contributed by atoms with Gasteiger partial charge in [0.15, 0.2) is 6.67 Å². The minimum Gasteiger partial charge on any atom is -0.476 e. The number of alkyl halides is 5. The Labute approximate surface area is 78.0 Å². The van der Waals surface area contributed by atoms with Gasteiger partial charge in [0.25, 0.3) is 0 Å². The largest absolute Gasteiger partial charge is 0.476 e. The number of allylic oxidation sites excluding steroid dienone is 1. The molecule has 0 aliphatic rings. The molecule has 0 aromatic carbocycles. The molecular weight excluding hydrogens is 237 g/mol. The van der Waals surface area contributed by atoms with Gasteiger partial charge in [-0.05, 0) is 0 Å². The molecular formula is C6H3F7O2. The van der Waals surface area contributed by atoms with Crippen molar-refractivity contribution in [2.45, 2.75) is 11.8 Å². The Balaban J connectivity index is 5.40. The number of hydrogen-bond donors (Lipinski definition) is 1. The van der Waals surface area contributed by atoms with Crippen molar-refractivity contribution in [1.82, 2.24) is 0 Å². The average molecular weight is 240 g/mol. The van der Waals surface area contributed by atoms with Gasteiger partial charge in [-0.2, -0.15) is 22.0 Å². The number of carboxylic acid groups (broad SMARTS) is 1. The molecule has 0 aliphatic heterocycles. The van der Waals surface area contributed by atoms with Gasteiger partial charge in [-0.15, -0.1) is 0 Å². The molecule has 9 heteroatoms.